The molecule has 1 heterocycles. The molecule has 1 fully saturated rings. The van der Waals surface area contributed by atoms with Gasteiger partial charge in [-0.1, -0.05) is 31.6 Å². The average molecular weight is 396 g/mol. The molecule has 1 unspecified atom stereocenters. The van der Waals surface area contributed by atoms with Gasteiger partial charge in [0.15, 0.2) is 27.9 Å². The van der Waals surface area contributed by atoms with E-state index in [2.05, 4.69) is 0 Å². The van der Waals surface area contributed by atoms with Crippen LogP contribution in [0.4, 0.5) is 0 Å². The molecule has 0 bridgehead atoms. The van der Waals surface area contributed by atoms with Gasteiger partial charge in [-0.05, 0) is 37.5 Å². The molecule has 0 N–H and O–H groups in total. The molecule has 27 heavy (non-hydrogen) atoms. The number of nitrogens with zero attached hydrogens (tertiary/aromatic N) is 1. The summed E-state index contributed by atoms with van der Waals surface area (Å²) in [5.41, 5.74) is 0.980. The van der Waals surface area contributed by atoms with Crippen LogP contribution >= 0.6 is 0 Å². The van der Waals surface area contributed by atoms with Crippen LogP contribution in [0.1, 0.15) is 38.7 Å². The van der Waals surface area contributed by atoms with Gasteiger partial charge in [0.1, 0.15) is 0 Å². The fourth-order valence-corrected chi connectivity index (χ4v) is 4.91. The third-order valence-electron chi connectivity index (χ3n) is 4.62. The first-order valence-corrected chi connectivity index (χ1v) is 11.2. The fourth-order valence-electron chi connectivity index (χ4n) is 3.18. The lowest BCUT2D eigenvalue weighted by Gasteiger charge is -2.28. The summed E-state index contributed by atoms with van der Waals surface area (Å²) in [5.74, 6) is 1.05. The minimum absolute atomic E-state index is 0.0455. The van der Waals surface area contributed by atoms with Crippen LogP contribution < -0.4 is 9.47 Å². The maximum absolute atomic E-state index is 12.7. The number of hydrogen-bond acceptors (Lipinski definition) is 5. The Morgan fingerprint density at radius 1 is 1.33 bits per heavy atom. The molecule has 1 aliphatic heterocycles. The Morgan fingerprint density at radius 3 is 2.70 bits per heavy atom. The largest absolute Gasteiger partial charge is 0.493 e. The van der Waals surface area contributed by atoms with Gasteiger partial charge in [-0.2, -0.15) is 0 Å². The predicted octanol–water partition coefficient (Wildman–Crippen LogP) is 2.92. The second kappa shape index (κ2) is 9.78. The van der Waals surface area contributed by atoms with E-state index in [1.807, 2.05) is 38.1 Å². The highest BCUT2D eigenvalue weighted by Crippen LogP contribution is 2.29. The van der Waals surface area contributed by atoms with Gasteiger partial charge in [-0.25, -0.2) is 8.42 Å². The van der Waals surface area contributed by atoms with Crippen molar-refractivity contribution in [2.24, 2.45) is 0 Å². The highest BCUT2D eigenvalue weighted by atomic mass is 32.2. The van der Waals surface area contributed by atoms with Crippen LogP contribution in [0.5, 0.6) is 11.5 Å². The minimum atomic E-state index is -3.05. The summed E-state index contributed by atoms with van der Waals surface area (Å²) in [6, 6.07) is 5.26. The van der Waals surface area contributed by atoms with E-state index >= 15 is 0 Å². The molecule has 0 aromatic heterocycles. The van der Waals surface area contributed by atoms with Crippen LogP contribution in [0.25, 0.3) is 6.08 Å². The smallest absolute Gasteiger partial charge is 0.260 e. The second-order valence-corrected chi connectivity index (χ2v) is 8.93. The van der Waals surface area contributed by atoms with Crippen molar-refractivity contribution in [1.82, 2.24) is 4.90 Å². The Morgan fingerprint density at radius 2 is 2.11 bits per heavy atom. The summed E-state index contributed by atoms with van der Waals surface area (Å²) >= 11 is 0. The molecule has 150 valence electrons. The number of unbranched alkanes of at least 4 members (excludes halogenated alkanes) is 1. The zero-order valence-electron chi connectivity index (χ0n) is 16.3. The minimum Gasteiger partial charge on any atom is -0.493 e. The standard InChI is InChI=1S/C20H29NO5S/c1-4-6-11-21(17-10-12-27(23,24)15-17)20(22)14-26-18-9-8-16(7-5-2)13-19(18)25-3/h5,7-9,13,17H,4,6,10-12,14-15H2,1-3H3/b7-5+. The molecule has 1 aromatic rings. The van der Waals surface area contributed by atoms with Crippen LogP contribution in [-0.4, -0.2) is 57.0 Å². The number of hydrogen-bond donors (Lipinski definition) is 0. The van der Waals surface area contributed by atoms with Gasteiger partial charge in [-0.15, -0.1) is 0 Å². The Labute approximate surface area is 162 Å². The van der Waals surface area contributed by atoms with E-state index in [1.165, 1.54) is 0 Å². The van der Waals surface area contributed by atoms with Crippen molar-refractivity contribution in [3.05, 3.63) is 29.8 Å². The third kappa shape index (κ3) is 5.99. The molecular formula is C20H29NO5S. The van der Waals surface area contributed by atoms with Crippen molar-refractivity contribution >= 4 is 21.8 Å². The first-order chi connectivity index (χ1) is 12.9. The van der Waals surface area contributed by atoms with Crippen LogP contribution in [-0.2, 0) is 14.6 Å². The van der Waals surface area contributed by atoms with E-state index in [-0.39, 0.29) is 30.1 Å². The van der Waals surface area contributed by atoms with Crippen LogP contribution in [0.15, 0.2) is 24.3 Å². The van der Waals surface area contributed by atoms with Gasteiger partial charge in [0.2, 0.25) is 0 Å². The molecular weight excluding hydrogens is 366 g/mol. The van der Waals surface area contributed by atoms with E-state index in [9.17, 15) is 13.2 Å². The molecule has 1 aromatic carbocycles. The molecule has 2 rings (SSSR count). The Kier molecular flexibility index (Phi) is 7.71. The van der Waals surface area contributed by atoms with E-state index in [1.54, 1.807) is 18.1 Å². The lowest BCUT2D eigenvalue weighted by atomic mass is 10.2. The van der Waals surface area contributed by atoms with E-state index < -0.39 is 9.84 Å². The molecule has 1 saturated heterocycles. The monoisotopic (exact) mass is 395 g/mol. The topological polar surface area (TPSA) is 72.9 Å². The first-order valence-electron chi connectivity index (χ1n) is 9.33. The maximum Gasteiger partial charge on any atom is 0.260 e. The summed E-state index contributed by atoms with van der Waals surface area (Å²) in [4.78, 5) is 14.4. The number of methoxy groups -OCH3 is 1. The summed E-state index contributed by atoms with van der Waals surface area (Å²) in [6.45, 7) is 4.39. The maximum atomic E-state index is 12.7. The highest BCUT2D eigenvalue weighted by Gasteiger charge is 2.34. The van der Waals surface area contributed by atoms with E-state index in [0.717, 1.165) is 18.4 Å². The third-order valence-corrected chi connectivity index (χ3v) is 6.37. The molecule has 0 spiro atoms. The van der Waals surface area contributed by atoms with Crippen molar-refractivity contribution in [2.75, 3.05) is 31.8 Å². The number of allylic oxidation sites excluding steroid dienone is 1. The average Bonchev–Trinajstić information content (AvgIpc) is 3.00. The molecule has 0 radical (unpaired) electrons. The van der Waals surface area contributed by atoms with Gasteiger partial charge >= 0.3 is 0 Å². The highest BCUT2D eigenvalue weighted by molar-refractivity contribution is 7.91. The Bertz CT molecular complexity index is 773. The zero-order chi connectivity index (χ0) is 19.9. The summed E-state index contributed by atoms with van der Waals surface area (Å²) < 4.78 is 34.7. The van der Waals surface area contributed by atoms with Gasteiger partial charge in [-0.3, -0.25) is 4.79 Å². The molecule has 6 nitrogen and oxygen atoms in total. The van der Waals surface area contributed by atoms with Gasteiger partial charge in [0.05, 0.1) is 18.6 Å². The van der Waals surface area contributed by atoms with Crippen molar-refractivity contribution in [2.45, 2.75) is 39.2 Å². The van der Waals surface area contributed by atoms with Crippen molar-refractivity contribution in [3.63, 3.8) is 0 Å². The summed E-state index contributed by atoms with van der Waals surface area (Å²) in [6.07, 6.45) is 6.15. The number of rotatable bonds is 9. The number of carbonyl (C=O) groups is 1. The SMILES string of the molecule is C/C=C/c1ccc(OCC(=O)N(CCCC)C2CCS(=O)(=O)C2)c(OC)c1. The second-order valence-electron chi connectivity index (χ2n) is 6.70. The lowest BCUT2D eigenvalue weighted by Crippen LogP contribution is -2.44. The Balaban J connectivity index is 2.06. The van der Waals surface area contributed by atoms with Crippen LogP contribution in [0.2, 0.25) is 0 Å². The number of benzene rings is 1. The fraction of sp³-hybridized carbons (Fsp3) is 0.550. The Hall–Kier alpha value is -2.02. The predicted molar refractivity (Wildman–Crippen MR) is 107 cm³/mol. The molecule has 1 atom stereocenters. The zero-order valence-corrected chi connectivity index (χ0v) is 17.1. The summed E-state index contributed by atoms with van der Waals surface area (Å²) in [7, 11) is -1.49. The normalized spacial score (nSPS) is 18.6. The van der Waals surface area contributed by atoms with Crippen LogP contribution in [0.3, 0.4) is 0 Å². The number of amides is 1. The molecule has 1 aliphatic rings. The molecule has 0 aliphatic carbocycles. The first kappa shape index (κ1) is 21.3. The number of carbonyl (C=O) groups excluding carboxylic acids is 1. The van der Waals surface area contributed by atoms with Gasteiger partial charge < -0.3 is 14.4 Å². The number of ether oxygens (including phenoxy) is 2. The van der Waals surface area contributed by atoms with Gasteiger partial charge in [0, 0.05) is 12.6 Å². The number of sulfone groups is 1. The van der Waals surface area contributed by atoms with Crippen molar-refractivity contribution in [3.8, 4) is 11.5 Å². The quantitative estimate of drug-likeness (QED) is 0.643. The van der Waals surface area contributed by atoms with Crippen molar-refractivity contribution in [1.29, 1.82) is 0 Å². The molecule has 0 saturated carbocycles. The lowest BCUT2D eigenvalue weighted by molar-refractivity contribution is -0.135. The van der Waals surface area contributed by atoms with E-state index in [0.29, 0.717) is 24.5 Å². The van der Waals surface area contributed by atoms with E-state index in [4.69, 9.17) is 9.47 Å². The summed E-state index contributed by atoms with van der Waals surface area (Å²) in [5, 5.41) is 0. The van der Waals surface area contributed by atoms with Crippen molar-refractivity contribution < 1.29 is 22.7 Å². The molecule has 7 heteroatoms. The van der Waals surface area contributed by atoms with Crippen LogP contribution in [0, 0.1) is 0 Å². The molecule has 1 amide bonds. The van der Waals surface area contributed by atoms with Gasteiger partial charge in [0.25, 0.3) is 5.91 Å².